The van der Waals surface area contributed by atoms with Gasteiger partial charge in [0.15, 0.2) is 0 Å². The molecule has 106 valence electrons. The number of likely N-dealkylation sites (N-methyl/N-ethyl adjacent to an activating group) is 1. The summed E-state index contributed by atoms with van der Waals surface area (Å²) in [6.45, 7) is 0. The molecule has 0 aliphatic heterocycles. The molecular weight excluding hydrogens is 472 g/mol. The van der Waals surface area contributed by atoms with Crippen molar-refractivity contribution in [3.63, 3.8) is 0 Å². The molecule has 0 amide bonds. The smallest absolute Gasteiger partial charge is 0.0453 e. The maximum absolute atomic E-state index is 6.27. The van der Waals surface area contributed by atoms with E-state index in [1.54, 1.807) is 6.07 Å². The first kappa shape index (κ1) is 16.6. The Bertz CT molecular complexity index is 619. The molecule has 1 N–H and O–H groups in total. The molecule has 2 aromatic carbocycles. The van der Waals surface area contributed by atoms with Crippen LogP contribution >= 0.6 is 61.7 Å². The van der Waals surface area contributed by atoms with E-state index in [9.17, 15) is 0 Å². The minimum absolute atomic E-state index is 0.207. The molecule has 20 heavy (non-hydrogen) atoms. The quantitative estimate of drug-likeness (QED) is 0.536. The lowest BCUT2D eigenvalue weighted by Crippen LogP contribution is -2.20. The van der Waals surface area contributed by atoms with E-state index >= 15 is 0 Å². The Hall–Kier alpha value is 0.190. The molecule has 0 bridgehead atoms. The third kappa shape index (κ3) is 4.10. The molecule has 1 nitrogen and oxygen atoms in total. The zero-order valence-electron chi connectivity index (χ0n) is 10.8. The van der Waals surface area contributed by atoms with Crippen molar-refractivity contribution in [1.29, 1.82) is 0 Å². The molecule has 0 saturated carbocycles. The van der Waals surface area contributed by atoms with Crippen LogP contribution in [-0.2, 0) is 6.42 Å². The fraction of sp³-hybridized carbons (Fsp3) is 0.200. The molecule has 1 atom stereocenters. The zero-order chi connectivity index (χ0) is 14.7. The summed E-state index contributed by atoms with van der Waals surface area (Å²) < 4.78 is 2.31. The number of halogens is 4. The van der Waals surface area contributed by atoms with E-state index in [1.165, 1.54) is 9.13 Å². The lowest BCUT2D eigenvalue weighted by Gasteiger charge is -2.19. The summed E-state index contributed by atoms with van der Waals surface area (Å²) in [4.78, 5) is 0. The molecule has 0 spiro atoms. The van der Waals surface area contributed by atoms with Crippen LogP contribution in [0.25, 0.3) is 0 Å². The summed E-state index contributed by atoms with van der Waals surface area (Å²) in [5.74, 6) is 0. The molecule has 0 fully saturated rings. The molecule has 1 unspecified atom stereocenters. The highest BCUT2D eigenvalue weighted by atomic mass is 127. The Morgan fingerprint density at radius 2 is 1.95 bits per heavy atom. The monoisotopic (exact) mass is 483 g/mol. The maximum Gasteiger partial charge on any atom is 0.0453 e. The van der Waals surface area contributed by atoms with Crippen molar-refractivity contribution in [3.05, 3.63) is 65.6 Å². The van der Waals surface area contributed by atoms with Gasteiger partial charge in [0.05, 0.1) is 0 Å². The molecule has 0 saturated heterocycles. The van der Waals surface area contributed by atoms with Crippen molar-refractivity contribution >= 4 is 61.7 Å². The van der Waals surface area contributed by atoms with E-state index < -0.39 is 0 Å². The van der Waals surface area contributed by atoms with E-state index in [4.69, 9.17) is 23.2 Å². The molecule has 5 heteroatoms. The summed E-state index contributed by atoms with van der Waals surface area (Å²) in [6, 6.07) is 12.2. The van der Waals surface area contributed by atoms with Crippen LogP contribution in [-0.4, -0.2) is 7.05 Å². The van der Waals surface area contributed by atoms with Gasteiger partial charge in [-0.1, -0.05) is 45.2 Å². The third-order valence-electron chi connectivity index (χ3n) is 3.12. The maximum atomic E-state index is 6.27. The SMILES string of the molecule is CNC(Cc1ccc(Cl)cc1Cl)c1cc(Br)ccc1I. The Balaban J connectivity index is 2.31. The topological polar surface area (TPSA) is 12.0 Å². The van der Waals surface area contributed by atoms with Crippen LogP contribution in [0.1, 0.15) is 17.2 Å². The van der Waals surface area contributed by atoms with Crippen LogP contribution < -0.4 is 5.32 Å². The van der Waals surface area contributed by atoms with Crippen molar-refractivity contribution in [3.8, 4) is 0 Å². The molecule has 0 aliphatic rings. The largest absolute Gasteiger partial charge is 0.313 e. The lowest BCUT2D eigenvalue weighted by molar-refractivity contribution is 0.589. The molecule has 0 aliphatic carbocycles. The number of nitrogens with one attached hydrogen (secondary N) is 1. The van der Waals surface area contributed by atoms with Gasteiger partial charge >= 0.3 is 0 Å². The van der Waals surface area contributed by atoms with Crippen molar-refractivity contribution in [1.82, 2.24) is 5.32 Å². The van der Waals surface area contributed by atoms with Crippen LogP contribution in [0.5, 0.6) is 0 Å². The Morgan fingerprint density at radius 3 is 2.60 bits per heavy atom. The minimum atomic E-state index is 0.207. The van der Waals surface area contributed by atoms with Gasteiger partial charge in [-0.25, -0.2) is 0 Å². The summed E-state index contributed by atoms with van der Waals surface area (Å²) in [5, 5.41) is 4.73. The lowest BCUT2D eigenvalue weighted by atomic mass is 9.99. The van der Waals surface area contributed by atoms with Gasteiger partial charge in [-0.05, 0) is 77.5 Å². The predicted octanol–water partition coefficient (Wildman–Crippen LogP) is 5.86. The van der Waals surface area contributed by atoms with Gasteiger partial charge < -0.3 is 5.32 Å². The summed E-state index contributed by atoms with van der Waals surface area (Å²) in [6.07, 6.45) is 0.818. The molecule has 2 rings (SSSR count). The standard InChI is InChI=1S/C15H13BrCl2IN/c1-20-15(12-7-10(16)3-5-14(12)19)6-9-2-4-11(17)8-13(9)18/h2-5,7-8,15,20H,6H2,1H3. The molecule has 0 radical (unpaired) electrons. The fourth-order valence-electron chi connectivity index (χ4n) is 2.06. The fourth-order valence-corrected chi connectivity index (χ4v) is 3.63. The van der Waals surface area contributed by atoms with Gasteiger partial charge in [0.2, 0.25) is 0 Å². The summed E-state index contributed by atoms with van der Waals surface area (Å²) >= 11 is 18.1. The average Bonchev–Trinajstić information content (AvgIpc) is 2.41. The van der Waals surface area contributed by atoms with E-state index in [-0.39, 0.29) is 6.04 Å². The Labute approximate surface area is 151 Å². The van der Waals surface area contributed by atoms with Gasteiger partial charge in [-0.3, -0.25) is 0 Å². The van der Waals surface area contributed by atoms with Gasteiger partial charge in [-0.15, -0.1) is 0 Å². The van der Waals surface area contributed by atoms with E-state index in [1.807, 2.05) is 25.2 Å². The van der Waals surface area contributed by atoms with Crippen LogP contribution in [0.4, 0.5) is 0 Å². The Morgan fingerprint density at radius 1 is 1.20 bits per heavy atom. The van der Waals surface area contributed by atoms with Gasteiger partial charge in [-0.2, -0.15) is 0 Å². The first-order valence-corrected chi connectivity index (χ1v) is 8.70. The van der Waals surface area contributed by atoms with Crippen LogP contribution in [0.2, 0.25) is 10.0 Å². The molecule has 2 aromatic rings. The number of benzene rings is 2. The first-order valence-electron chi connectivity index (χ1n) is 6.07. The Kier molecular flexibility index (Phi) is 6.17. The summed E-state index contributed by atoms with van der Waals surface area (Å²) in [7, 11) is 1.96. The van der Waals surface area contributed by atoms with Gasteiger partial charge in [0, 0.05) is 24.1 Å². The molecular formula is C15H13BrCl2IN. The van der Waals surface area contributed by atoms with Crippen molar-refractivity contribution in [2.75, 3.05) is 7.05 Å². The average molecular weight is 485 g/mol. The van der Waals surface area contributed by atoms with Gasteiger partial charge in [0.1, 0.15) is 0 Å². The van der Waals surface area contributed by atoms with E-state index in [0.717, 1.165) is 16.5 Å². The highest BCUT2D eigenvalue weighted by molar-refractivity contribution is 14.1. The number of hydrogen-bond donors (Lipinski definition) is 1. The summed E-state index contributed by atoms with van der Waals surface area (Å²) in [5.41, 5.74) is 2.35. The van der Waals surface area contributed by atoms with Gasteiger partial charge in [0.25, 0.3) is 0 Å². The first-order chi connectivity index (χ1) is 9.51. The number of rotatable bonds is 4. The highest BCUT2D eigenvalue weighted by Crippen LogP contribution is 2.29. The number of hydrogen-bond acceptors (Lipinski definition) is 1. The second kappa shape index (κ2) is 7.45. The van der Waals surface area contributed by atoms with Crippen LogP contribution in [0.15, 0.2) is 40.9 Å². The van der Waals surface area contributed by atoms with Crippen LogP contribution in [0, 0.1) is 3.57 Å². The second-order valence-corrected chi connectivity index (χ2v) is 7.37. The van der Waals surface area contributed by atoms with Crippen molar-refractivity contribution in [2.24, 2.45) is 0 Å². The second-order valence-electron chi connectivity index (χ2n) is 4.45. The third-order valence-corrected chi connectivity index (χ3v) is 5.18. The molecule has 0 aromatic heterocycles. The van der Waals surface area contributed by atoms with E-state index in [2.05, 4.69) is 56.0 Å². The normalized spacial score (nSPS) is 12.4. The van der Waals surface area contributed by atoms with Crippen molar-refractivity contribution in [2.45, 2.75) is 12.5 Å². The highest BCUT2D eigenvalue weighted by Gasteiger charge is 2.15. The van der Waals surface area contributed by atoms with Crippen LogP contribution in [0.3, 0.4) is 0 Å². The predicted molar refractivity (Wildman–Crippen MR) is 98.8 cm³/mol. The van der Waals surface area contributed by atoms with Crippen molar-refractivity contribution < 1.29 is 0 Å². The minimum Gasteiger partial charge on any atom is -0.313 e. The van der Waals surface area contributed by atoms with E-state index in [0.29, 0.717) is 10.0 Å². The zero-order valence-corrected chi connectivity index (χ0v) is 16.0. The molecule has 0 heterocycles.